The second kappa shape index (κ2) is 8.55. The number of carbonyl (C=O) groups excluding carboxylic acids is 2. The molecule has 1 heterocycles. The molecule has 0 saturated heterocycles. The Hall–Kier alpha value is -3.36. The lowest BCUT2D eigenvalue weighted by atomic mass is 10.0. The molecule has 1 aromatic heterocycles. The van der Waals surface area contributed by atoms with Crippen LogP contribution in [-0.2, 0) is 23.6 Å². The fraction of sp³-hybridized carbons (Fsp3) is 0.368. The monoisotopic (exact) mass is 389 g/mol. The van der Waals surface area contributed by atoms with Gasteiger partial charge in [0.1, 0.15) is 17.1 Å². The van der Waals surface area contributed by atoms with Crippen molar-refractivity contribution in [2.45, 2.75) is 19.8 Å². The average molecular weight is 389 g/mol. The number of hydrogen-bond acceptors (Lipinski definition) is 7. The second-order valence-electron chi connectivity index (χ2n) is 6.56. The minimum absolute atomic E-state index is 0.282. The third-order valence-electron chi connectivity index (χ3n) is 4.26. The molecule has 9 nitrogen and oxygen atoms in total. The van der Waals surface area contributed by atoms with E-state index in [1.54, 1.807) is 12.1 Å². The molecule has 2 aromatic rings. The average Bonchev–Trinajstić information content (AvgIpc) is 2.68. The van der Waals surface area contributed by atoms with Crippen molar-refractivity contribution in [3.63, 3.8) is 0 Å². The highest BCUT2D eigenvalue weighted by molar-refractivity contribution is 6.01. The number of nitrogens with two attached hydrogens (primary N) is 1. The van der Waals surface area contributed by atoms with Gasteiger partial charge >= 0.3 is 11.7 Å². The quantitative estimate of drug-likeness (QED) is 0.543. The van der Waals surface area contributed by atoms with Crippen LogP contribution in [0.4, 0.5) is 5.82 Å². The van der Waals surface area contributed by atoms with Crippen molar-refractivity contribution in [2.75, 3.05) is 18.9 Å². The molecule has 0 unspecified atom stereocenters. The molecule has 0 aliphatic rings. The highest BCUT2D eigenvalue weighted by atomic mass is 16.6. The van der Waals surface area contributed by atoms with E-state index in [2.05, 4.69) is 13.8 Å². The summed E-state index contributed by atoms with van der Waals surface area (Å²) in [7, 11) is 2.56. The number of carbonyl (C=O) groups is 2. The van der Waals surface area contributed by atoms with Crippen LogP contribution in [0.5, 0.6) is 5.75 Å². The number of hydrogen-bond donors (Lipinski definition) is 1. The molecule has 150 valence electrons. The van der Waals surface area contributed by atoms with Crippen molar-refractivity contribution in [3.05, 3.63) is 56.2 Å². The Kier molecular flexibility index (Phi) is 6.40. The van der Waals surface area contributed by atoms with Crippen molar-refractivity contribution >= 4 is 17.6 Å². The van der Waals surface area contributed by atoms with Gasteiger partial charge in [-0.15, -0.1) is 0 Å². The van der Waals surface area contributed by atoms with Crippen LogP contribution >= 0.6 is 0 Å². The molecule has 2 rings (SSSR count). The molecular weight excluding hydrogens is 366 g/mol. The van der Waals surface area contributed by atoms with E-state index in [4.69, 9.17) is 15.2 Å². The molecule has 9 heteroatoms. The molecule has 0 aliphatic carbocycles. The smallest absolute Gasteiger partial charge is 0.344 e. The lowest BCUT2D eigenvalue weighted by Gasteiger charge is -2.11. The van der Waals surface area contributed by atoms with Crippen LogP contribution in [0.15, 0.2) is 33.9 Å². The number of benzene rings is 1. The number of nitrogens with zero attached hydrogens (tertiary/aromatic N) is 2. The van der Waals surface area contributed by atoms with Crippen molar-refractivity contribution < 1.29 is 19.1 Å². The molecule has 1 aromatic carbocycles. The Bertz CT molecular complexity index is 1000. The van der Waals surface area contributed by atoms with Gasteiger partial charge in [-0.25, -0.2) is 9.59 Å². The summed E-state index contributed by atoms with van der Waals surface area (Å²) >= 11 is 0. The molecule has 2 N–H and O–H groups in total. The Morgan fingerprint density at radius 1 is 1.04 bits per heavy atom. The van der Waals surface area contributed by atoms with E-state index in [1.807, 2.05) is 12.1 Å². The van der Waals surface area contributed by atoms with Gasteiger partial charge in [0.25, 0.3) is 5.56 Å². The van der Waals surface area contributed by atoms with Gasteiger partial charge in [-0.1, -0.05) is 26.0 Å². The Morgan fingerprint density at radius 3 is 2.21 bits per heavy atom. The van der Waals surface area contributed by atoms with Crippen LogP contribution in [0.3, 0.4) is 0 Å². The summed E-state index contributed by atoms with van der Waals surface area (Å²) in [5, 5.41) is 0. The minimum Gasteiger partial charge on any atom is -0.482 e. The van der Waals surface area contributed by atoms with E-state index in [0.717, 1.165) is 14.7 Å². The highest BCUT2D eigenvalue weighted by Gasteiger charge is 2.21. The molecule has 0 bridgehead atoms. The van der Waals surface area contributed by atoms with E-state index in [0.29, 0.717) is 11.7 Å². The zero-order valence-electron chi connectivity index (χ0n) is 16.2. The predicted molar refractivity (Wildman–Crippen MR) is 103 cm³/mol. The SMILES string of the molecule is CC(C)c1ccc(OCC(=O)OCC(=O)c2c(N)n(C)c(=O)n(C)c2=O)cc1. The van der Waals surface area contributed by atoms with Gasteiger partial charge in [0.2, 0.25) is 5.78 Å². The first-order valence-electron chi connectivity index (χ1n) is 8.60. The highest BCUT2D eigenvalue weighted by Crippen LogP contribution is 2.18. The van der Waals surface area contributed by atoms with Gasteiger partial charge in [0.05, 0.1) is 0 Å². The fourth-order valence-electron chi connectivity index (χ4n) is 2.47. The molecular formula is C19H23N3O6. The zero-order valence-corrected chi connectivity index (χ0v) is 16.2. The van der Waals surface area contributed by atoms with Crippen molar-refractivity contribution in [2.24, 2.45) is 14.1 Å². The van der Waals surface area contributed by atoms with Crippen molar-refractivity contribution in [1.82, 2.24) is 9.13 Å². The minimum atomic E-state index is -0.844. The molecule has 0 fully saturated rings. The molecule has 0 atom stereocenters. The number of ether oxygens (including phenoxy) is 2. The number of ketones is 1. The normalized spacial score (nSPS) is 10.8. The summed E-state index contributed by atoms with van der Waals surface area (Å²) in [4.78, 5) is 48.0. The lowest BCUT2D eigenvalue weighted by Crippen LogP contribution is -2.42. The summed E-state index contributed by atoms with van der Waals surface area (Å²) in [6, 6.07) is 7.27. The third-order valence-corrected chi connectivity index (χ3v) is 4.26. The van der Waals surface area contributed by atoms with Gasteiger partial charge in [0, 0.05) is 14.1 Å². The maximum atomic E-state index is 12.3. The van der Waals surface area contributed by atoms with Gasteiger partial charge in [-0.05, 0) is 23.6 Å². The summed E-state index contributed by atoms with van der Waals surface area (Å²) in [6.07, 6.45) is 0. The number of esters is 1. The summed E-state index contributed by atoms with van der Waals surface area (Å²) in [5.74, 6) is -0.994. The lowest BCUT2D eigenvalue weighted by molar-refractivity contribution is -0.144. The Morgan fingerprint density at radius 2 is 1.64 bits per heavy atom. The van der Waals surface area contributed by atoms with Gasteiger partial charge in [-0.3, -0.25) is 18.7 Å². The topological polar surface area (TPSA) is 123 Å². The standard InChI is InChI=1S/C19H23N3O6/c1-11(2)12-5-7-13(8-6-12)27-10-15(24)28-9-14(23)16-17(20)21(3)19(26)22(4)18(16)25/h5-8,11H,9-10,20H2,1-4H3. The van der Waals surface area contributed by atoms with E-state index >= 15 is 0 Å². The zero-order chi connectivity index (χ0) is 21.0. The molecule has 0 spiro atoms. The Balaban J connectivity index is 1.97. The molecule has 0 amide bonds. The predicted octanol–water partition coefficient (Wildman–Crippen LogP) is 0.595. The maximum Gasteiger partial charge on any atom is 0.344 e. The fourth-order valence-corrected chi connectivity index (χ4v) is 2.47. The summed E-state index contributed by atoms with van der Waals surface area (Å²) in [5.41, 5.74) is 4.92. The Labute approximate surface area is 161 Å². The first-order chi connectivity index (χ1) is 13.1. The second-order valence-corrected chi connectivity index (χ2v) is 6.56. The number of Topliss-reactive ketones (excluding diaryl/α,β-unsaturated/α-hetero) is 1. The molecule has 28 heavy (non-hydrogen) atoms. The number of aromatic nitrogens is 2. The van der Waals surface area contributed by atoms with E-state index in [9.17, 15) is 19.2 Å². The van der Waals surface area contributed by atoms with Crippen LogP contribution in [0.25, 0.3) is 0 Å². The first-order valence-corrected chi connectivity index (χ1v) is 8.60. The number of nitrogen functional groups attached to an aromatic ring is 1. The molecule has 0 saturated carbocycles. The maximum absolute atomic E-state index is 12.3. The third kappa shape index (κ3) is 4.48. The van der Waals surface area contributed by atoms with Crippen LogP contribution in [0, 0.1) is 0 Å². The largest absolute Gasteiger partial charge is 0.482 e. The van der Waals surface area contributed by atoms with Gasteiger partial charge < -0.3 is 15.2 Å². The van der Waals surface area contributed by atoms with E-state index in [-0.39, 0.29) is 5.82 Å². The molecule has 0 radical (unpaired) electrons. The molecule has 0 aliphatic heterocycles. The van der Waals surface area contributed by atoms with Gasteiger partial charge in [0.15, 0.2) is 13.2 Å². The van der Waals surface area contributed by atoms with E-state index in [1.165, 1.54) is 14.1 Å². The summed E-state index contributed by atoms with van der Waals surface area (Å²) in [6.45, 7) is 3.05. The van der Waals surface area contributed by atoms with Crippen molar-refractivity contribution in [1.29, 1.82) is 0 Å². The van der Waals surface area contributed by atoms with Crippen LogP contribution in [0.1, 0.15) is 35.7 Å². The summed E-state index contributed by atoms with van der Waals surface area (Å²) < 4.78 is 11.9. The van der Waals surface area contributed by atoms with Crippen LogP contribution in [0.2, 0.25) is 0 Å². The first kappa shape index (κ1) is 20.9. The van der Waals surface area contributed by atoms with Crippen LogP contribution in [-0.4, -0.2) is 34.1 Å². The van der Waals surface area contributed by atoms with Crippen LogP contribution < -0.4 is 21.7 Å². The van der Waals surface area contributed by atoms with Gasteiger partial charge in [-0.2, -0.15) is 0 Å². The van der Waals surface area contributed by atoms with E-state index < -0.39 is 41.8 Å². The number of anilines is 1. The number of rotatable bonds is 7. The van der Waals surface area contributed by atoms with Crippen molar-refractivity contribution in [3.8, 4) is 5.75 Å².